The molecule has 0 fully saturated rings. The SMILES string of the molecule is CCOC(=O)c1c(N(O)C=O)sc(N=CN(C)C)c1C#N. The number of nitrogens with zero attached hydrogens (tertiary/aromatic N) is 4. The number of amides is 1. The lowest BCUT2D eigenvalue weighted by Crippen LogP contribution is -2.17. The van der Waals surface area contributed by atoms with Crippen LogP contribution in [0.4, 0.5) is 10.0 Å². The van der Waals surface area contributed by atoms with E-state index in [4.69, 9.17) is 4.74 Å². The zero-order valence-electron chi connectivity index (χ0n) is 11.7. The van der Waals surface area contributed by atoms with Crippen molar-refractivity contribution >= 4 is 40.1 Å². The first kappa shape index (κ1) is 16.6. The van der Waals surface area contributed by atoms with Gasteiger partial charge >= 0.3 is 5.97 Å². The Kier molecular flexibility index (Phi) is 5.83. The molecule has 1 rings (SSSR count). The van der Waals surface area contributed by atoms with Crippen molar-refractivity contribution in [3.63, 3.8) is 0 Å². The molecule has 1 N–H and O–H groups in total. The maximum absolute atomic E-state index is 11.9. The van der Waals surface area contributed by atoms with Crippen LogP contribution in [0.3, 0.4) is 0 Å². The van der Waals surface area contributed by atoms with E-state index in [9.17, 15) is 20.1 Å². The number of hydroxylamine groups is 1. The molecule has 9 heteroatoms. The van der Waals surface area contributed by atoms with Crippen LogP contribution in [-0.4, -0.2) is 49.5 Å². The number of ether oxygens (including phenoxy) is 1. The zero-order valence-corrected chi connectivity index (χ0v) is 12.5. The van der Waals surface area contributed by atoms with Crippen molar-refractivity contribution in [2.45, 2.75) is 6.92 Å². The number of thiophene rings is 1. The summed E-state index contributed by atoms with van der Waals surface area (Å²) >= 11 is 0.836. The number of carbonyl (C=O) groups is 2. The molecule has 0 aromatic carbocycles. The summed E-state index contributed by atoms with van der Waals surface area (Å²) in [6.45, 7) is 1.71. The van der Waals surface area contributed by atoms with Gasteiger partial charge in [-0.2, -0.15) is 10.3 Å². The zero-order chi connectivity index (χ0) is 16.0. The van der Waals surface area contributed by atoms with Gasteiger partial charge in [-0.1, -0.05) is 11.3 Å². The standard InChI is InChI=1S/C12H14N4O4S/c1-4-20-12(18)9-8(5-13)10(14-6-15(2)3)21-11(9)16(19)7-17/h6-7,19H,4H2,1-3H3. The highest BCUT2D eigenvalue weighted by Gasteiger charge is 2.27. The third-order valence-electron chi connectivity index (χ3n) is 2.18. The Labute approximate surface area is 125 Å². The molecule has 0 saturated carbocycles. The van der Waals surface area contributed by atoms with Gasteiger partial charge in [-0.15, -0.1) is 0 Å². The Hall–Kier alpha value is -2.44. The maximum atomic E-state index is 11.9. The van der Waals surface area contributed by atoms with Crippen LogP contribution >= 0.6 is 11.3 Å². The van der Waals surface area contributed by atoms with Crippen molar-refractivity contribution in [3.8, 4) is 6.07 Å². The Morgan fingerprint density at radius 3 is 2.71 bits per heavy atom. The lowest BCUT2D eigenvalue weighted by Gasteiger charge is -2.08. The van der Waals surface area contributed by atoms with Crippen LogP contribution in [0.1, 0.15) is 22.8 Å². The second kappa shape index (κ2) is 7.37. The van der Waals surface area contributed by atoms with Gasteiger partial charge in [0.1, 0.15) is 27.2 Å². The molecule has 0 saturated heterocycles. The molecule has 0 unspecified atom stereocenters. The normalized spacial score (nSPS) is 10.2. The van der Waals surface area contributed by atoms with Crippen molar-refractivity contribution in [3.05, 3.63) is 11.1 Å². The molecular formula is C12H14N4O4S. The van der Waals surface area contributed by atoms with Gasteiger partial charge in [-0.25, -0.2) is 9.79 Å². The Morgan fingerprint density at radius 2 is 2.24 bits per heavy atom. The molecule has 0 aliphatic rings. The quantitative estimate of drug-likeness (QED) is 0.212. The predicted molar refractivity (Wildman–Crippen MR) is 77.2 cm³/mol. The van der Waals surface area contributed by atoms with Gasteiger partial charge in [0, 0.05) is 14.1 Å². The van der Waals surface area contributed by atoms with E-state index in [2.05, 4.69) is 4.99 Å². The molecule has 1 amide bonds. The third kappa shape index (κ3) is 3.77. The first-order valence-electron chi connectivity index (χ1n) is 5.84. The molecule has 0 bridgehead atoms. The number of rotatable bonds is 6. The molecule has 1 aromatic heterocycles. The first-order valence-corrected chi connectivity index (χ1v) is 6.65. The highest BCUT2D eigenvalue weighted by molar-refractivity contribution is 7.20. The van der Waals surface area contributed by atoms with Crippen molar-refractivity contribution in [1.29, 1.82) is 5.26 Å². The van der Waals surface area contributed by atoms with E-state index in [1.807, 2.05) is 6.07 Å². The van der Waals surface area contributed by atoms with E-state index in [1.54, 1.807) is 25.9 Å². The molecule has 0 radical (unpaired) electrons. The van der Waals surface area contributed by atoms with Crippen molar-refractivity contribution in [2.75, 3.05) is 25.8 Å². The van der Waals surface area contributed by atoms with E-state index < -0.39 is 5.97 Å². The summed E-state index contributed by atoms with van der Waals surface area (Å²) in [6, 6.07) is 1.85. The summed E-state index contributed by atoms with van der Waals surface area (Å²) in [5, 5.41) is 19.1. The number of nitriles is 1. The largest absolute Gasteiger partial charge is 0.462 e. The lowest BCUT2D eigenvalue weighted by molar-refractivity contribution is -0.111. The fraction of sp³-hybridized carbons (Fsp3) is 0.333. The van der Waals surface area contributed by atoms with E-state index in [1.165, 1.54) is 6.34 Å². The van der Waals surface area contributed by atoms with Crippen LogP contribution in [0.25, 0.3) is 0 Å². The Morgan fingerprint density at radius 1 is 1.57 bits per heavy atom. The van der Waals surface area contributed by atoms with E-state index in [0.29, 0.717) is 0 Å². The molecule has 1 heterocycles. The van der Waals surface area contributed by atoms with E-state index >= 15 is 0 Å². The third-order valence-corrected chi connectivity index (χ3v) is 3.26. The minimum atomic E-state index is -0.799. The van der Waals surface area contributed by atoms with Crippen LogP contribution in [0.5, 0.6) is 0 Å². The lowest BCUT2D eigenvalue weighted by atomic mass is 10.2. The van der Waals surface area contributed by atoms with E-state index in [0.717, 1.165) is 11.3 Å². The van der Waals surface area contributed by atoms with Crippen LogP contribution in [0.2, 0.25) is 0 Å². The molecule has 0 aliphatic carbocycles. The van der Waals surface area contributed by atoms with Crippen LogP contribution in [-0.2, 0) is 9.53 Å². The smallest absolute Gasteiger partial charge is 0.342 e. The van der Waals surface area contributed by atoms with Gasteiger partial charge in [0.15, 0.2) is 0 Å². The van der Waals surface area contributed by atoms with Gasteiger partial charge in [0.25, 0.3) is 0 Å². The fourth-order valence-electron chi connectivity index (χ4n) is 1.37. The first-order chi connectivity index (χ1) is 9.96. The molecule has 112 valence electrons. The summed E-state index contributed by atoms with van der Waals surface area (Å²) in [5.41, 5.74) is -0.225. The summed E-state index contributed by atoms with van der Waals surface area (Å²) in [6.07, 6.45) is 1.56. The van der Waals surface area contributed by atoms with Gasteiger partial charge < -0.3 is 9.64 Å². The number of hydrogen-bond donors (Lipinski definition) is 1. The second-order valence-corrected chi connectivity index (χ2v) is 4.93. The van der Waals surface area contributed by atoms with Crippen molar-refractivity contribution < 1.29 is 19.5 Å². The average molecular weight is 310 g/mol. The second-order valence-electron chi connectivity index (χ2n) is 3.95. The number of carbonyl (C=O) groups excluding carboxylic acids is 2. The maximum Gasteiger partial charge on any atom is 0.342 e. The van der Waals surface area contributed by atoms with Crippen LogP contribution < -0.4 is 5.06 Å². The highest BCUT2D eigenvalue weighted by Crippen LogP contribution is 2.41. The monoisotopic (exact) mass is 310 g/mol. The molecular weight excluding hydrogens is 296 g/mol. The summed E-state index contributed by atoms with van der Waals surface area (Å²) in [5.74, 6) is -0.799. The van der Waals surface area contributed by atoms with Gasteiger partial charge in [-0.05, 0) is 6.92 Å². The number of esters is 1. The van der Waals surface area contributed by atoms with Crippen LogP contribution in [0.15, 0.2) is 4.99 Å². The Bertz CT molecular complexity index is 603. The van der Waals surface area contributed by atoms with Crippen LogP contribution in [0, 0.1) is 11.3 Å². The number of aliphatic imine (C=N–C) groups is 1. The minimum Gasteiger partial charge on any atom is -0.462 e. The predicted octanol–water partition coefficient (Wildman–Crippen LogP) is 1.37. The van der Waals surface area contributed by atoms with E-state index in [-0.39, 0.29) is 39.2 Å². The van der Waals surface area contributed by atoms with Crippen molar-refractivity contribution in [2.24, 2.45) is 4.99 Å². The van der Waals surface area contributed by atoms with Crippen molar-refractivity contribution in [1.82, 2.24) is 4.90 Å². The molecule has 8 nitrogen and oxygen atoms in total. The summed E-state index contributed by atoms with van der Waals surface area (Å²) in [4.78, 5) is 28.3. The van der Waals surface area contributed by atoms with Gasteiger partial charge in [0.2, 0.25) is 6.41 Å². The Balaban J connectivity index is 3.46. The number of anilines is 1. The minimum absolute atomic E-state index is 0.0487. The molecule has 0 spiro atoms. The average Bonchev–Trinajstić information content (AvgIpc) is 2.83. The highest BCUT2D eigenvalue weighted by atomic mass is 32.1. The molecule has 1 aromatic rings. The van der Waals surface area contributed by atoms with Gasteiger partial charge in [0.05, 0.1) is 12.9 Å². The van der Waals surface area contributed by atoms with Gasteiger partial charge in [-0.3, -0.25) is 10.0 Å². The molecule has 0 aliphatic heterocycles. The molecule has 21 heavy (non-hydrogen) atoms. The topological polar surface area (TPSA) is 106 Å². The fourth-order valence-corrected chi connectivity index (χ4v) is 2.33. The summed E-state index contributed by atoms with van der Waals surface area (Å²) < 4.78 is 4.85. The number of hydrogen-bond acceptors (Lipinski definition) is 7. The molecule has 0 atom stereocenters. The summed E-state index contributed by atoms with van der Waals surface area (Å²) in [7, 11) is 3.47.